The Labute approximate surface area is 113 Å². The van der Waals surface area contributed by atoms with Crippen LogP contribution in [0, 0.1) is 0 Å². The number of carbonyl (C=O) groups excluding carboxylic acids is 2. The highest BCUT2D eigenvalue weighted by atomic mass is 19.4. The van der Waals surface area contributed by atoms with Crippen LogP contribution in [0.3, 0.4) is 0 Å². The summed E-state index contributed by atoms with van der Waals surface area (Å²) in [7, 11) is 0. The van der Waals surface area contributed by atoms with Crippen molar-refractivity contribution in [1.82, 2.24) is 5.32 Å². The van der Waals surface area contributed by atoms with E-state index < -0.39 is 53.1 Å². The number of anilines is 1. The van der Waals surface area contributed by atoms with Crippen molar-refractivity contribution >= 4 is 17.5 Å². The van der Waals surface area contributed by atoms with Crippen LogP contribution in [0.15, 0.2) is 12.1 Å². The third-order valence-electron chi connectivity index (χ3n) is 2.76. The van der Waals surface area contributed by atoms with E-state index in [-0.39, 0.29) is 6.07 Å². The summed E-state index contributed by atoms with van der Waals surface area (Å²) in [5.41, 5.74) is -4.45. The second-order valence-electron chi connectivity index (χ2n) is 4.18. The average Bonchev–Trinajstić information content (AvgIpc) is 2.46. The molecule has 4 nitrogen and oxygen atoms in total. The highest BCUT2D eigenvalue weighted by Crippen LogP contribution is 2.40. The fourth-order valence-corrected chi connectivity index (χ4v) is 1.82. The molecule has 0 aromatic heterocycles. The number of alkyl halides is 6. The van der Waals surface area contributed by atoms with Gasteiger partial charge in [-0.3, -0.25) is 9.59 Å². The Morgan fingerprint density at radius 1 is 0.905 bits per heavy atom. The van der Waals surface area contributed by atoms with Crippen LogP contribution in [0.4, 0.5) is 32.0 Å². The predicted molar refractivity (Wildman–Crippen MR) is 56.9 cm³/mol. The van der Waals surface area contributed by atoms with Crippen LogP contribution in [0.1, 0.15) is 16.7 Å². The molecule has 1 aromatic carbocycles. The Balaban J connectivity index is 2.69. The number of hydrogen-bond acceptors (Lipinski definition) is 2. The van der Waals surface area contributed by atoms with Gasteiger partial charge in [0.1, 0.15) is 0 Å². The summed E-state index contributed by atoms with van der Waals surface area (Å²) in [5, 5.41) is 3.64. The molecule has 114 valence electrons. The molecule has 0 atom stereocenters. The Bertz CT molecular complexity index is 620. The SMILES string of the molecule is O=C1NCc2c(cc(C(F)(F)F)cc2C(F)(F)F)NC1=O. The van der Waals surface area contributed by atoms with Crippen molar-refractivity contribution in [2.45, 2.75) is 18.9 Å². The van der Waals surface area contributed by atoms with Gasteiger partial charge in [-0.2, -0.15) is 26.3 Å². The lowest BCUT2D eigenvalue weighted by atomic mass is 10.0. The molecule has 0 saturated carbocycles. The molecule has 10 heteroatoms. The third kappa shape index (κ3) is 2.93. The number of rotatable bonds is 0. The van der Waals surface area contributed by atoms with E-state index in [9.17, 15) is 35.9 Å². The zero-order chi connectivity index (χ0) is 16.0. The zero-order valence-electron chi connectivity index (χ0n) is 9.95. The van der Waals surface area contributed by atoms with Crippen LogP contribution in [-0.2, 0) is 28.5 Å². The topological polar surface area (TPSA) is 58.2 Å². The van der Waals surface area contributed by atoms with Crippen molar-refractivity contribution in [3.63, 3.8) is 0 Å². The van der Waals surface area contributed by atoms with Crippen molar-refractivity contribution in [2.75, 3.05) is 5.32 Å². The molecule has 0 aliphatic carbocycles. The molecule has 2 N–H and O–H groups in total. The largest absolute Gasteiger partial charge is 0.416 e. The Morgan fingerprint density at radius 2 is 1.52 bits per heavy atom. The van der Waals surface area contributed by atoms with E-state index in [4.69, 9.17) is 0 Å². The number of halogens is 6. The van der Waals surface area contributed by atoms with E-state index in [1.807, 2.05) is 5.32 Å². The minimum absolute atomic E-state index is 0.0531. The van der Waals surface area contributed by atoms with Gasteiger partial charge in [-0.05, 0) is 12.1 Å². The van der Waals surface area contributed by atoms with E-state index in [0.29, 0.717) is 6.07 Å². The summed E-state index contributed by atoms with van der Waals surface area (Å²) in [6.07, 6.45) is -10.1. The second-order valence-corrected chi connectivity index (χ2v) is 4.18. The molecule has 0 fully saturated rings. The fourth-order valence-electron chi connectivity index (χ4n) is 1.82. The van der Waals surface area contributed by atoms with Crippen molar-refractivity contribution in [3.05, 3.63) is 28.8 Å². The maximum Gasteiger partial charge on any atom is 0.416 e. The van der Waals surface area contributed by atoms with Crippen molar-refractivity contribution in [1.29, 1.82) is 0 Å². The zero-order valence-corrected chi connectivity index (χ0v) is 9.95. The molecule has 0 spiro atoms. The van der Waals surface area contributed by atoms with Gasteiger partial charge in [0.05, 0.1) is 11.1 Å². The highest BCUT2D eigenvalue weighted by Gasteiger charge is 2.40. The minimum atomic E-state index is -5.06. The Kier molecular flexibility index (Phi) is 3.34. The first kappa shape index (κ1) is 15.1. The molecular weight excluding hydrogens is 306 g/mol. The lowest BCUT2D eigenvalue weighted by molar-refractivity contribution is -0.143. The predicted octanol–water partition coefficient (Wildman–Crippen LogP) is 2.29. The van der Waals surface area contributed by atoms with E-state index in [0.717, 1.165) is 0 Å². The molecule has 0 radical (unpaired) electrons. The van der Waals surface area contributed by atoms with Gasteiger partial charge in [0.2, 0.25) is 0 Å². The number of nitrogens with one attached hydrogen (secondary N) is 2. The van der Waals surface area contributed by atoms with Crippen LogP contribution in [0.25, 0.3) is 0 Å². The molecule has 1 aromatic rings. The highest BCUT2D eigenvalue weighted by molar-refractivity contribution is 6.40. The molecule has 0 bridgehead atoms. The standard InChI is InChI=1S/C11H6F6N2O2/c12-10(13,14)4-1-6(11(15,16)17)5-3-18-8(20)9(21)19-7(5)2-4/h1-2H,3H2,(H,18,20)(H,19,21). The number of carbonyl (C=O) groups is 2. The van der Waals surface area contributed by atoms with Crippen LogP contribution in [-0.4, -0.2) is 11.8 Å². The molecule has 2 amide bonds. The summed E-state index contributed by atoms with van der Waals surface area (Å²) < 4.78 is 76.6. The van der Waals surface area contributed by atoms with E-state index in [1.165, 1.54) is 0 Å². The number of amides is 2. The molecule has 0 unspecified atom stereocenters. The van der Waals surface area contributed by atoms with Crippen LogP contribution in [0.5, 0.6) is 0 Å². The van der Waals surface area contributed by atoms with Crippen LogP contribution in [0.2, 0.25) is 0 Å². The molecule has 1 heterocycles. The maximum absolute atomic E-state index is 12.9. The van der Waals surface area contributed by atoms with Crippen LogP contribution >= 0.6 is 0 Å². The van der Waals surface area contributed by atoms with Gasteiger partial charge in [0, 0.05) is 17.8 Å². The summed E-state index contributed by atoms with van der Waals surface area (Å²) in [6.45, 7) is -0.708. The first-order valence-corrected chi connectivity index (χ1v) is 5.40. The van der Waals surface area contributed by atoms with E-state index in [1.54, 1.807) is 5.32 Å². The monoisotopic (exact) mass is 312 g/mol. The molecule has 2 rings (SSSR count). The number of fused-ring (bicyclic) bond motifs is 1. The quantitative estimate of drug-likeness (QED) is 0.570. The van der Waals surface area contributed by atoms with Crippen molar-refractivity contribution in [2.24, 2.45) is 0 Å². The molecule has 1 aliphatic heterocycles. The second kappa shape index (κ2) is 4.64. The van der Waals surface area contributed by atoms with Crippen molar-refractivity contribution in [3.8, 4) is 0 Å². The molecule has 0 saturated heterocycles. The molecular formula is C11H6F6N2O2. The lowest BCUT2D eigenvalue weighted by Gasteiger charge is -2.18. The summed E-state index contributed by atoms with van der Waals surface area (Å²) in [5.74, 6) is -2.56. The smallest absolute Gasteiger partial charge is 0.344 e. The lowest BCUT2D eigenvalue weighted by Crippen LogP contribution is -2.31. The third-order valence-corrected chi connectivity index (χ3v) is 2.76. The van der Waals surface area contributed by atoms with Gasteiger partial charge in [-0.15, -0.1) is 0 Å². The van der Waals surface area contributed by atoms with E-state index >= 15 is 0 Å². The fraction of sp³-hybridized carbons (Fsp3) is 0.273. The van der Waals surface area contributed by atoms with Gasteiger partial charge in [-0.25, -0.2) is 0 Å². The first-order valence-electron chi connectivity index (χ1n) is 5.40. The Hall–Kier alpha value is -2.26. The minimum Gasteiger partial charge on any atom is -0.344 e. The Morgan fingerprint density at radius 3 is 2.05 bits per heavy atom. The van der Waals surface area contributed by atoms with Gasteiger partial charge < -0.3 is 10.6 Å². The summed E-state index contributed by atoms with van der Waals surface area (Å²) >= 11 is 0. The van der Waals surface area contributed by atoms with Gasteiger partial charge in [0.25, 0.3) is 0 Å². The first-order chi connectivity index (χ1) is 9.50. The number of benzene rings is 1. The van der Waals surface area contributed by atoms with Gasteiger partial charge in [-0.1, -0.05) is 0 Å². The average molecular weight is 312 g/mol. The maximum atomic E-state index is 12.9. The summed E-state index contributed by atoms with van der Waals surface area (Å²) in [6, 6.07) is 0.311. The van der Waals surface area contributed by atoms with Gasteiger partial charge >= 0.3 is 24.2 Å². The molecule has 21 heavy (non-hydrogen) atoms. The normalized spacial score (nSPS) is 15.9. The van der Waals surface area contributed by atoms with Crippen LogP contribution < -0.4 is 10.6 Å². The number of hydrogen-bond donors (Lipinski definition) is 2. The van der Waals surface area contributed by atoms with E-state index in [2.05, 4.69) is 0 Å². The molecule has 1 aliphatic rings. The van der Waals surface area contributed by atoms with Crippen molar-refractivity contribution < 1.29 is 35.9 Å². The van der Waals surface area contributed by atoms with Gasteiger partial charge in [0.15, 0.2) is 0 Å². The summed E-state index contributed by atoms with van der Waals surface area (Å²) in [4.78, 5) is 22.3.